The van der Waals surface area contributed by atoms with E-state index in [0.29, 0.717) is 72.8 Å². The van der Waals surface area contributed by atoms with Crippen molar-refractivity contribution in [1.29, 1.82) is 0 Å². The second kappa shape index (κ2) is 27.7. The first-order valence-electron chi connectivity index (χ1n) is 29.6. The molecule has 104 heavy (non-hydrogen) atoms. The van der Waals surface area contributed by atoms with Gasteiger partial charge in [0.2, 0.25) is 12.0 Å². The van der Waals surface area contributed by atoms with Crippen LogP contribution < -0.4 is 48.5 Å². The first-order valence-corrected chi connectivity index (χ1v) is 33.2. The topological polar surface area (TPSA) is 4.36 Å². The summed E-state index contributed by atoms with van der Waals surface area (Å²) in [6.07, 6.45) is -15.7. The molecule has 0 spiro atoms. The average Bonchev–Trinajstić information content (AvgIpc) is 1.42. The van der Waals surface area contributed by atoms with E-state index in [1.54, 1.807) is 0 Å². The maximum absolute atomic E-state index is 18.9. The van der Waals surface area contributed by atoms with Gasteiger partial charge in [-0.25, -0.2) is 132 Å². The summed E-state index contributed by atoms with van der Waals surface area (Å²) < 4.78 is 524. The van der Waals surface area contributed by atoms with Crippen molar-refractivity contribution in [3.63, 3.8) is 0 Å². The van der Waals surface area contributed by atoms with Crippen LogP contribution in [0.15, 0.2) is 132 Å². The fraction of sp³-hybridized carbons (Fsp3) is 0.0725. The highest BCUT2D eigenvalue weighted by molar-refractivity contribution is 8.21. The molecule has 0 radical (unpaired) electrons. The SMILES string of the molecule is CCCC[N+]#C[B-](c1c(F)c(F)c(F)c(F)c1F)(c1c(F)c(F)c(F)c(F)c1F)[C@@H](C1=P(c2ccccc2)(c2ccccc2)C([B-](c2c(F)c(F)c(F)c(F)c2F)(c2c(F)c(F)c(F)c(F)c2F)c2c(F)c(F)c(F)c(F)c2F)=C[P+]1(c1ccccc1)c1ccccc1)c1c(F)c(F)c(F)c(F)c1F. The van der Waals surface area contributed by atoms with Crippen LogP contribution in [0, 0.1) is 180 Å². The molecule has 0 bridgehead atoms. The van der Waals surface area contributed by atoms with Crippen LogP contribution in [0.25, 0.3) is 4.85 Å². The highest BCUT2D eigenvalue weighted by Crippen LogP contribution is 2.81. The molecule has 10 aromatic rings. The number of unbranched alkanes of at least 4 members (excludes halogenated alkanes) is 1. The molecule has 538 valence electrons. The van der Waals surface area contributed by atoms with Gasteiger partial charge in [-0.05, 0) is 54.0 Å². The Labute approximate surface area is 565 Å². The molecule has 10 aromatic carbocycles. The minimum atomic E-state index is -7.61. The molecule has 0 amide bonds. The van der Waals surface area contributed by atoms with Crippen LogP contribution in [0.4, 0.5) is 132 Å². The quantitative estimate of drug-likeness (QED) is 0.0241. The van der Waals surface area contributed by atoms with Crippen molar-refractivity contribution in [3.8, 4) is 5.97 Å². The van der Waals surface area contributed by atoms with Gasteiger partial charge in [0, 0.05) is 17.8 Å². The molecule has 1 aliphatic rings. The third-order valence-corrected chi connectivity index (χ3v) is 28.5. The second-order valence-corrected chi connectivity index (χ2v) is 30.1. The van der Waals surface area contributed by atoms with E-state index in [2.05, 4.69) is 4.85 Å². The van der Waals surface area contributed by atoms with E-state index in [1.807, 2.05) is 0 Å². The fourth-order valence-electron chi connectivity index (χ4n) is 14.0. The molecule has 0 saturated carbocycles. The van der Waals surface area contributed by atoms with E-state index in [9.17, 15) is 0 Å². The Kier molecular flexibility index (Phi) is 20.0. The Hall–Kier alpha value is -9.81. The molecule has 0 N–H and O–H groups in total. The second-order valence-electron chi connectivity index (χ2n) is 23.2. The molecule has 11 rings (SSSR count). The lowest BCUT2D eigenvalue weighted by atomic mass is 9.13. The van der Waals surface area contributed by atoms with Crippen molar-refractivity contribution < 1.29 is 132 Å². The van der Waals surface area contributed by atoms with E-state index >= 15 is 132 Å². The molecule has 1 heterocycles. The van der Waals surface area contributed by atoms with Crippen LogP contribution in [0.1, 0.15) is 31.1 Å². The highest BCUT2D eigenvalue weighted by atomic mass is 31.2. The zero-order valence-electron chi connectivity index (χ0n) is 51.2. The fourth-order valence-corrected chi connectivity index (χ4v) is 27.6. The van der Waals surface area contributed by atoms with E-state index in [4.69, 9.17) is 0 Å². The minimum absolute atomic E-state index is 0.125. The summed E-state index contributed by atoms with van der Waals surface area (Å²) in [5.74, 6) is -112. The lowest BCUT2D eigenvalue weighted by Gasteiger charge is -2.51. The summed E-state index contributed by atoms with van der Waals surface area (Å²) in [5.41, 5.74) is -20.5. The smallest absolute Gasteiger partial charge is 0.207 e. The number of hydrogen-bond donors (Lipinski definition) is 0. The van der Waals surface area contributed by atoms with Crippen LogP contribution in [-0.4, -0.2) is 23.9 Å². The first-order chi connectivity index (χ1) is 49.1. The third-order valence-electron chi connectivity index (χ3n) is 18.2. The minimum Gasteiger partial charge on any atom is -0.207 e. The molecule has 1 nitrogen and oxygen atoms in total. The third kappa shape index (κ3) is 10.5. The zero-order chi connectivity index (χ0) is 76.2. The molecule has 1 atom stereocenters. The maximum Gasteiger partial charge on any atom is 0.258 e. The van der Waals surface area contributed by atoms with Gasteiger partial charge in [0.1, 0.15) is 82.2 Å². The van der Waals surface area contributed by atoms with Crippen LogP contribution in [0.2, 0.25) is 0 Å². The van der Waals surface area contributed by atoms with Crippen LogP contribution in [0.5, 0.6) is 0 Å². The van der Waals surface area contributed by atoms with Crippen molar-refractivity contribution in [2.45, 2.75) is 25.6 Å². The van der Waals surface area contributed by atoms with E-state index in [0.717, 1.165) is 48.5 Å². The molecule has 0 saturated heterocycles. The summed E-state index contributed by atoms with van der Waals surface area (Å²) in [6, 6.07) is 13.2. The summed E-state index contributed by atoms with van der Waals surface area (Å²) in [5, 5.41) is -9.77. The van der Waals surface area contributed by atoms with Crippen molar-refractivity contribution in [2.24, 2.45) is 0 Å². The normalized spacial score (nSPS) is 13.9. The van der Waals surface area contributed by atoms with Gasteiger partial charge in [0.05, 0.1) is 11.0 Å². The Bertz CT molecular complexity index is 4930. The number of halogens is 30. The van der Waals surface area contributed by atoms with Gasteiger partial charge in [-0.1, -0.05) is 104 Å². The molecule has 0 fully saturated rings. The summed E-state index contributed by atoms with van der Waals surface area (Å²) in [4.78, 5) is 3.67. The zero-order valence-corrected chi connectivity index (χ0v) is 52.9. The van der Waals surface area contributed by atoms with Gasteiger partial charge in [0.25, 0.3) is 6.54 Å². The molecule has 0 aliphatic carbocycles. The number of benzene rings is 10. The summed E-state index contributed by atoms with van der Waals surface area (Å²) in [7, 11) is -6.58. The summed E-state index contributed by atoms with van der Waals surface area (Å²) in [6.45, 7) is -7.38. The Morgan fingerprint density at radius 1 is 0.317 bits per heavy atom. The predicted octanol–water partition coefficient (Wildman–Crippen LogP) is 16.4. The molecule has 1 aliphatic heterocycles. The molecular formula is C69H31B2F30NP2. The van der Waals surface area contributed by atoms with E-state index in [-0.39, 0.29) is 12.2 Å². The van der Waals surface area contributed by atoms with Crippen LogP contribution in [-0.2, 0) is 0 Å². The molecule has 0 unspecified atom stereocenters. The number of hydrogen-bond acceptors (Lipinski definition) is 0. The Morgan fingerprint density at radius 3 is 0.827 bits per heavy atom. The van der Waals surface area contributed by atoms with Gasteiger partial charge < -0.3 is 0 Å². The van der Waals surface area contributed by atoms with Gasteiger partial charge in [0.15, 0.2) is 111 Å². The number of rotatable bonds is 15. The lowest BCUT2D eigenvalue weighted by Crippen LogP contribution is -2.75. The van der Waals surface area contributed by atoms with Gasteiger partial charge in [-0.3, -0.25) is 0 Å². The highest BCUT2D eigenvalue weighted by Gasteiger charge is 2.68. The van der Waals surface area contributed by atoms with Crippen molar-refractivity contribution in [3.05, 3.63) is 317 Å². The van der Waals surface area contributed by atoms with Gasteiger partial charge >= 0.3 is 0 Å². The van der Waals surface area contributed by atoms with Gasteiger partial charge in [-0.15, -0.1) is 37.4 Å². The van der Waals surface area contributed by atoms with E-state index < -0.39 is 284 Å². The summed E-state index contributed by atoms with van der Waals surface area (Å²) >= 11 is 0. The largest absolute Gasteiger partial charge is 0.258 e. The maximum atomic E-state index is 18.9. The average molecular weight is 1530 g/mol. The molecule has 0 aromatic heterocycles. The van der Waals surface area contributed by atoms with Crippen LogP contribution >= 0.6 is 14.1 Å². The standard InChI is InChI=1S/C69H31B2F30NP2/c1-2-3-24-102-26-70(34-41(74)53(86)64(97)54(87)42(34)75,35-43(76)55(88)65(98)56(89)44(35)77)33(32-39(72)51(84)63(96)52(85)40(32)73)69-103(27-16-8-4-9-17-27,28-18-10-5-11-19-28)25-31(104(69,29-20-12-6-13-21-29)30-22-14-7-15-23-30)71(36-45(78)57(90)66(99)58(91)46(36)79,37-47(80)59(92)67(100)60(93)48(37)81)38-49(82)61(94)68(101)62(95)50(38)83/h4-23,25,33H,2-3,24H2,1H3/t33-/m1/s1. The Morgan fingerprint density at radius 2 is 0.558 bits per heavy atom. The lowest BCUT2D eigenvalue weighted by molar-refractivity contribution is 0.371. The Balaban J connectivity index is 1.76. The first kappa shape index (κ1) is 75.4. The van der Waals surface area contributed by atoms with Crippen molar-refractivity contribution in [1.82, 2.24) is 0 Å². The molecule has 35 heteroatoms. The predicted molar refractivity (Wildman–Crippen MR) is 328 cm³/mol. The van der Waals surface area contributed by atoms with E-state index in [1.165, 1.54) is 12.9 Å². The van der Waals surface area contributed by atoms with Gasteiger partial charge in [-0.2, -0.15) is 0 Å². The van der Waals surface area contributed by atoms with Crippen molar-refractivity contribution >= 4 is 80.0 Å². The van der Waals surface area contributed by atoms with Crippen molar-refractivity contribution in [2.75, 3.05) is 6.54 Å². The molecular weight excluding hydrogens is 1500 g/mol. The monoisotopic (exact) mass is 1530 g/mol. The number of nitrogens with zero attached hydrogens (tertiary/aromatic N) is 1. The van der Waals surface area contributed by atoms with Crippen LogP contribution in [0.3, 0.4) is 0 Å².